The number of hydrogen-bond acceptors (Lipinski definition) is 6. The Hall–Kier alpha value is -1.57. The van der Waals surface area contributed by atoms with Crippen LogP contribution in [0.3, 0.4) is 0 Å². The number of nitrogens with one attached hydrogen (secondary N) is 1. The van der Waals surface area contributed by atoms with Gasteiger partial charge in [0, 0.05) is 31.5 Å². The monoisotopic (exact) mass is 320 g/mol. The van der Waals surface area contributed by atoms with Crippen molar-refractivity contribution in [1.82, 2.24) is 20.2 Å². The van der Waals surface area contributed by atoms with E-state index >= 15 is 0 Å². The Morgan fingerprint density at radius 3 is 2.65 bits per heavy atom. The molecule has 7 heteroatoms. The third-order valence-corrected chi connectivity index (χ3v) is 5.12. The van der Waals surface area contributed by atoms with Gasteiger partial charge in [0.05, 0.1) is 17.8 Å². The van der Waals surface area contributed by atoms with Crippen LogP contribution in [0.1, 0.15) is 36.5 Å². The summed E-state index contributed by atoms with van der Waals surface area (Å²) in [6.07, 6.45) is 6.83. The van der Waals surface area contributed by atoms with E-state index in [-0.39, 0.29) is 17.6 Å². The van der Waals surface area contributed by atoms with E-state index in [2.05, 4.69) is 15.3 Å². The molecular formula is C16H24N4O3. The molecule has 1 aromatic rings. The van der Waals surface area contributed by atoms with E-state index in [1.807, 2.05) is 11.9 Å². The lowest BCUT2D eigenvalue weighted by molar-refractivity contribution is -0.189. The number of carbonyl (C=O) groups excluding carboxylic acids is 1. The Morgan fingerprint density at radius 2 is 2.04 bits per heavy atom. The first-order valence-electron chi connectivity index (χ1n) is 8.04. The van der Waals surface area contributed by atoms with E-state index < -0.39 is 5.60 Å². The van der Waals surface area contributed by atoms with Crippen LogP contribution in [0.5, 0.6) is 0 Å². The first-order chi connectivity index (χ1) is 11.0. The Kier molecular flexibility index (Phi) is 4.35. The summed E-state index contributed by atoms with van der Waals surface area (Å²) in [5, 5.41) is 13.6. The number of ether oxygens (including phenoxy) is 1. The fourth-order valence-electron chi connectivity index (χ4n) is 3.52. The van der Waals surface area contributed by atoms with Crippen LogP contribution in [0, 0.1) is 0 Å². The normalized spacial score (nSPS) is 30.4. The van der Waals surface area contributed by atoms with Crippen molar-refractivity contribution >= 4 is 5.91 Å². The van der Waals surface area contributed by atoms with Crippen molar-refractivity contribution in [1.29, 1.82) is 0 Å². The van der Waals surface area contributed by atoms with Gasteiger partial charge >= 0.3 is 0 Å². The van der Waals surface area contributed by atoms with Gasteiger partial charge < -0.3 is 20.1 Å². The first kappa shape index (κ1) is 16.3. The van der Waals surface area contributed by atoms with Gasteiger partial charge in [0.15, 0.2) is 0 Å². The third-order valence-electron chi connectivity index (χ3n) is 5.12. The highest BCUT2D eigenvalue weighted by atomic mass is 16.5. The number of amides is 1. The van der Waals surface area contributed by atoms with Crippen molar-refractivity contribution in [3.8, 4) is 0 Å². The SMILES string of the molecule is CN[C@H]1CC2(CCN(C(=O)c3cncnc3)CC2)OC[C@]1(C)O. The van der Waals surface area contributed by atoms with Gasteiger partial charge in [0.1, 0.15) is 11.9 Å². The number of likely N-dealkylation sites (tertiary alicyclic amines) is 1. The molecule has 0 bridgehead atoms. The molecule has 0 saturated carbocycles. The van der Waals surface area contributed by atoms with E-state index in [1.54, 1.807) is 19.3 Å². The van der Waals surface area contributed by atoms with Gasteiger partial charge in [0.25, 0.3) is 5.91 Å². The highest BCUT2D eigenvalue weighted by Gasteiger charge is 2.48. The molecule has 2 aliphatic heterocycles. The quantitative estimate of drug-likeness (QED) is 0.810. The second-order valence-electron chi connectivity index (χ2n) is 6.79. The minimum Gasteiger partial charge on any atom is -0.386 e. The topological polar surface area (TPSA) is 87.6 Å². The van der Waals surface area contributed by atoms with Crippen LogP contribution in [0.15, 0.2) is 18.7 Å². The summed E-state index contributed by atoms with van der Waals surface area (Å²) < 4.78 is 6.03. The fraction of sp³-hybridized carbons (Fsp3) is 0.688. The van der Waals surface area contributed by atoms with Crippen LogP contribution in [-0.2, 0) is 4.74 Å². The highest BCUT2D eigenvalue weighted by molar-refractivity contribution is 5.93. The molecular weight excluding hydrogens is 296 g/mol. The lowest BCUT2D eigenvalue weighted by Gasteiger charge is -2.50. The number of carbonyl (C=O) groups is 1. The molecule has 3 heterocycles. The number of nitrogens with zero attached hydrogens (tertiary/aromatic N) is 3. The zero-order valence-corrected chi connectivity index (χ0v) is 13.7. The van der Waals surface area contributed by atoms with Crippen molar-refractivity contribution in [3.63, 3.8) is 0 Å². The summed E-state index contributed by atoms with van der Waals surface area (Å²) in [7, 11) is 1.87. The molecule has 0 aliphatic carbocycles. The standard InChI is InChI=1S/C16H24N4O3/c1-15(22)10-23-16(7-13(15)17-2)3-5-20(6-4-16)14(21)12-8-18-11-19-9-12/h8-9,11,13,17,22H,3-7,10H2,1-2H3/t13-,15-/m0/s1. The molecule has 1 amide bonds. The molecule has 2 fully saturated rings. The van der Waals surface area contributed by atoms with Gasteiger partial charge in [-0.05, 0) is 33.2 Å². The molecule has 2 saturated heterocycles. The molecule has 3 rings (SSSR count). The van der Waals surface area contributed by atoms with E-state index in [0.29, 0.717) is 25.3 Å². The number of aliphatic hydroxyl groups is 1. The van der Waals surface area contributed by atoms with E-state index in [4.69, 9.17) is 4.74 Å². The van der Waals surface area contributed by atoms with Gasteiger partial charge in [-0.2, -0.15) is 0 Å². The molecule has 0 radical (unpaired) electrons. The molecule has 2 N–H and O–H groups in total. The maximum atomic E-state index is 12.4. The molecule has 23 heavy (non-hydrogen) atoms. The first-order valence-corrected chi connectivity index (χ1v) is 8.04. The predicted molar refractivity (Wildman–Crippen MR) is 83.9 cm³/mol. The van der Waals surface area contributed by atoms with E-state index in [0.717, 1.165) is 19.3 Å². The molecule has 2 aliphatic rings. The summed E-state index contributed by atoms with van der Waals surface area (Å²) in [5.74, 6) is -0.0339. The maximum Gasteiger partial charge on any atom is 0.256 e. The van der Waals surface area contributed by atoms with Gasteiger partial charge in [0.2, 0.25) is 0 Å². The third kappa shape index (κ3) is 3.22. The second-order valence-corrected chi connectivity index (χ2v) is 6.79. The number of hydrogen-bond donors (Lipinski definition) is 2. The summed E-state index contributed by atoms with van der Waals surface area (Å²) in [6.45, 7) is 3.41. The summed E-state index contributed by atoms with van der Waals surface area (Å²) in [6, 6.07) is 0.000949. The molecule has 1 aromatic heterocycles. The average Bonchev–Trinajstić information content (AvgIpc) is 2.58. The molecule has 7 nitrogen and oxygen atoms in total. The number of aromatic nitrogens is 2. The maximum absolute atomic E-state index is 12.4. The van der Waals surface area contributed by atoms with Crippen LogP contribution in [-0.4, -0.2) is 69.9 Å². The van der Waals surface area contributed by atoms with Crippen molar-refractivity contribution < 1.29 is 14.6 Å². The van der Waals surface area contributed by atoms with Crippen molar-refractivity contribution in [2.45, 2.75) is 43.4 Å². The van der Waals surface area contributed by atoms with Crippen molar-refractivity contribution in [3.05, 3.63) is 24.3 Å². The molecule has 2 atom stereocenters. The fourth-order valence-corrected chi connectivity index (χ4v) is 3.52. The van der Waals surface area contributed by atoms with Gasteiger partial charge in [-0.3, -0.25) is 4.79 Å². The number of likely N-dealkylation sites (N-methyl/N-ethyl adjacent to an activating group) is 1. The van der Waals surface area contributed by atoms with Crippen LogP contribution < -0.4 is 5.32 Å². The van der Waals surface area contributed by atoms with Crippen molar-refractivity contribution in [2.75, 3.05) is 26.7 Å². The smallest absolute Gasteiger partial charge is 0.256 e. The largest absolute Gasteiger partial charge is 0.386 e. The van der Waals surface area contributed by atoms with E-state index in [1.165, 1.54) is 6.33 Å². The molecule has 0 aromatic carbocycles. The van der Waals surface area contributed by atoms with Crippen LogP contribution in [0.25, 0.3) is 0 Å². The average molecular weight is 320 g/mol. The summed E-state index contributed by atoms with van der Waals surface area (Å²) >= 11 is 0. The predicted octanol–water partition coefficient (Wildman–Crippen LogP) is 0.211. The van der Waals surface area contributed by atoms with Gasteiger partial charge in [-0.15, -0.1) is 0 Å². The zero-order valence-electron chi connectivity index (χ0n) is 13.7. The van der Waals surface area contributed by atoms with Gasteiger partial charge in [-0.25, -0.2) is 9.97 Å². The Bertz CT molecular complexity index is 556. The zero-order chi connectivity index (χ0) is 16.5. The summed E-state index contributed by atoms with van der Waals surface area (Å²) in [5.41, 5.74) is -0.585. The highest BCUT2D eigenvalue weighted by Crippen LogP contribution is 2.38. The Balaban J connectivity index is 1.63. The molecule has 126 valence electrons. The minimum absolute atomic E-state index is 0.000949. The second kappa shape index (κ2) is 6.14. The number of rotatable bonds is 2. The number of piperidine rings is 1. The van der Waals surface area contributed by atoms with Crippen LogP contribution >= 0.6 is 0 Å². The lowest BCUT2D eigenvalue weighted by Crippen LogP contribution is -2.62. The minimum atomic E-state index is -0.853. The van der Waals surface area contributed by atoms with Crippen molar-refractivity contribution in [2.24, 2.45) is 0 Å². The Labute approximate surface area is 136 Å². The summed E-state index contributed by atoms with van der Waals surface area (Å²) in [4.78, 5) is 22.1. The van der Waals surface area contributed by atoms with Crippen LogP contribution in [0.4, 0.5) is 0 Å². The molecule has 1 spiro atoms. The lowest BCUT2D eigenvalue weighted by atomic mass is 9.77. The molecule has 0 unspecified atom stereocenters. The van der Waals surface area contributed by atoms with Gasteiger partial charge in [-0.1, -0.05) is 0 Å². The van der Waals surface area contributed by atoms with E-state index in [9.17, 15) is 9.90 Å². The Morgan fingerprint density at radius 1 is 1.39 bits per heavy atom. The van der Waals surface area contributed by atoms with Crippen LogP contribution in [0.2, 0.25) is 0 Å².